The molecule has 9 heteroatoms. The Bertz CT molecular complexity index is 1090. The van der Waals surface area contributed by atoms with E-state index in [2.05, 4.69) is 9.73 Å². The molecular weight excluding hydrogens is 402 g/mol. The van der Waals surface area contributed by atoms with Crippen molar-refractivity contribution in [2.24, 2.45) is 4.99 Å². The number of carbonyl (C=O) groups excluding carboxylic acids is 2. The van der Waals surface area contributed by atoms with Crippen LogP contribution in [0.5, 0.6) is 0 Å². The molecule has 0 saturated heterocycles. The molecule has 3 aromatic rings. The van der Waals surface area contributed by atoms with E-state index in [0.29, 0.717) is 15.2 Å². The fourth-order valence-electron chi connectivity index (χ4n) is 2.31. The lowest BCUT2D eigenvalue weighted by molar-refractivity contribution is -0.141. The molecule has 0 atom stereocenters. The minimum atomic E-state index is -0.768. The van der Waals surface area contributed by atoms with Crippen molar-refractivity contribution in [3.8, 4) is 0 Å². The van der Waals surface area contributed by atoms with Crippen molar-refractivity contribution in [1.29, 1.82) is 0 Å². The third-order valence-corrected chi connectivity index (χ3v) is 5.39. The van der Waals surface area contributed by atoms with E-state index < -0.39 is 17.7 Å². The largest absolute Gasteiger partial charge is 0.468 e. The van der Waals surface area contributed by atoms with Gasteiger partial charge in [0.2, 0.25) is 0 Å². The van der Waals surface area contributed by atoms with Crippen LogP contribution in [-0.4, -0.2) is 23.6 Å². The van der Waals surface area contributed by atoms with Gasteiger partial charge in [0.25, 0.3) is 5.91 Å². The van der Waals surface area contributed by atoms with E-state index in [4.69, 9.17) is 23.2 Å². The molecule has 2 aromatic carbocycles. The van der Waals surface area contributed by atoms with Gasteiger partial charge in [-0.05, 0) is 24.3 Å². The Kier molecular flexibility index (Phi) is 5.41. The lowest BCUT2D eigenvalue weighted by Gasteiger charge is -2.06. The molecule has 0 saturated carbocycles. The maximum atomic E-state index is 13.8. The number of methoxy groups -OCH3 is 1. The molecule has 0 unspecified atom stereocenters. The highest BCUT2D eigenvalue weighted by molar-refractivity contribution is 7.16. The van der Waals surface area contributed by atoms with Crippen molar-refractivity contribution in [1.82, 2.24) is 4.57 Å². The summed E-state index contributed by atoms with van der Waals surface area (Å²) in [5.41, 5.74) is 0.286. The van der Waals surface area contributed by atoms with Gasteiger partial charge in [-0.3, -0.25) is 9.59 Å². The lowest BCUT2D eigenvalue weighted by atomic mass is 10.2. The van der Waals surface area contributed by atoms with Crippen LogP contribution in [0.3, 0.4) is 0 Å². The van der Waals surface area contributed by atoms with Crippen LogP contribution in [-0.2, 0) is 16.1 Å². The van der Waals surface area contributed by atoms with E-state index in [-0.39, 0.29) is 21.9 Å². The number of hydrogen-bond donors (Lipinski definition) is 0. The molecule has 0 aliphatic rings. The SMILES string of the molecule is COC(=O)Cn1c(=NC(=O)c2ccccc2F)sc2ccc(Cl)c(Cl)c21. The molecule has 0 fully saturated rings. The summed E-state index contributed by atoms with van der Waals surface area (Å²) in [5.74, 6) is -2.00. The second-order valence-electron chi connectivity index (χ2n) is 5.15. The first-order valence-electron chi connectivity index (χ1n) is 7.30. The van der Waals surface area contributed by atoms with E-state index >= 15 is 0 Å². The number of carbonyl (C=O) groups is 2. The molecular formula is C17H11Cl2FN2O3S. The predicted molar refractivity (Wildman–Crippen MR) is 98.1 cm³/mol. The van der Waals surface area contributed by atoms with Crippen molar-refractivity contribution >= 4 is 56.6 Å². The minimum absolute atomic E-state index is 0.168. The Hall–Kier alpha value is -2.22. The Balaban J connectivity index is 2.23. The summed E-state index contributed by atoms with van der Waals surface area (Å²) >= 11 is 13.5. The van der Waals surface area contributed by atoms with Crippen LogP contribution in [0.2, 0.25) is 10.0 Å². The summed E-state index contributed by atoms with van der Waals surface area (Å²) in [6, 6.07) is 8.83. The average Bonchev–Trinajstić information content (AvgIpc) is 2.96. The first-order valence-corrected chi connectivity index (χ1v) is 8.87. The summed E-state index contributed by atoms with van der Waals surface area (Å²) in [4.78, 5) is 28.3. The van der Waals surface area contributed by atoms with E-state index in [1.54, 1.807) is 12.1 Å². The Morgan fingerprint density at radius 3 is 2.65 bits per heavy atom. The molecule has 26 heavy (non-hydrogen) atoms. The fourth-order valence-corrected chi connectivity index (χ4v) is 3.82. The minimum Gasteiger partial charge on any atom is -0.468 e. The molecule has 1 heterocycles. The molecule has 0 aliphatic heterocycles. The van der Waals surface area contributed by atoms with Gasteiger partial charge < -0.3 is 9.30 Å². The number of fused-ring (bicyclic) bond motifs is 1. The Morgan fingerprint density at radius 2 is 1.96 bits per heavy atom. The zero-order valence-corrected chi connectivity index (χ0v) is 15.7. The van der Waals surface area contributed by atoms with Gasteiger partial charge in [-0.25, -0.2) is 4.39 Å². The zero-order chi connectivity index (χ0) is 18.8. The van der Waals surface area contributed by atoms with Crippen LogP contribution < -0.4 is 4.80 Å². The molecule has 0 radical (unpaired) electrons. The summed E-state index contributed by atoms with van der Waals surface area (Å²) < 4.78 is 20.6. The van der Waals surface area contributed by atoms with Gasteiger partial charge in [0.15, 0.2) is 4.80 Å². The molecule has 0 bridgehead atoms. The lowest BCUT2D eigenvalue weighted by Crippen LogP contribution is -2.22. The molecule has 1 aromatic heterocycles. The second kappa shape index (κ2) is 7.57. The van der Waals surface area contributed by atoms with E-state index in [1.807, 2.05) is 0 Å². The van der Waals surface area contributed by atoms with Crippen LogP contribution in [0.1, 0.15) is 10.4 Å². The van der Waals surface area contributed by atoms with E-state index in [1.165, 1.54) is 35.9 Å². The highest BCUT2D eigenvalue weighted by atomic mass is 35.5. The molecule has 134 valence electrons. The van der Waals surface area contributed by atoms with E-state index in [9.17, 15) is 14.0 Å². The summed E-state index contributed by atoms with van der Waals surface area (Å²) in [6.45, 7) is -0.222. The molecule has 3 rings (SSSR count). The van der Waals surface area contributed by atoms with Gasteiger partial charge in [0.05, 0.1) is 32.9 Å². The van der Waals surface area contributed by atoms with Crippen molar-refractivity contribution in [3.63, 3.8) is 0 Å². The highest BCUT2D eigenvalue weighted by Gasteiger charge is 2.17. The van der Waals surface area contributed by atoms with Crippen molar-refractivity contribution in [2.45, 2.75) is 6.54 Å². The Morgan fingerprint density at radius 1 is 1.23 bits per heavy atom. The number of nitrogens with zero attached hydrogens (tertiary/aromatic N) is 2. The summed E-state index contributed by atoms with van der Waals surface area (Å²) in [5, 5.41) is 0.520. The van der Waals surface area contributed by atoms with Crippen LogP contribution in [0.15, 0.2) is 41.4 Å². The molecule has 0 N–H and O–H groups in total. The number of aromatic nitrogens is 1. The summed E-state index contributed by atoms with van der Waals surface area (Å²) in [6.07, 6.45) is 0. The molecule has 0 spiro atoms. The number of thiazole rings is 1. The topological polar surface area (TPSA) is 60.7 Å². The third kappa shape index (κ3) is 3.51. The number of esters is 1. The third-order valence-electron chi connectivity index (χ3n) is 3.55. The van der Waals surface area contributed by atoms with Gasteiger partial charge in [-0.1, -0.05) is 46.7 Å². The first-order chi connectivity index (χ1) is 12.4. The van der Waals surface area contributed by atoms with Crippen LogP contribution in [0, 0.1) is 5.82 Å². The number of hydrogen-bond acceptors (Lipinski definition) is 4. The van der Waals surface area contributed by atoms with Gasteiger partial charge in [-0.15, -0.1) is 0 Å². The highest BCUT2D eigenvalue weighted by Crippen LogP contribution is 2.32. The van der Waals surface area contributed by atoms with Gasteiger partial charge in [0.1, 0.15) is 12.4 Å². The Labute approximate surface area is 161 Å². The first kappa shape index (κ1) is 18.6. The maximum absolute atomic E-state index is 13.8. The van der Waals surface area contributed by atoms with Gasteiger partial charge >= 0.3 is 5.97 Å². The number of amides is 1. The van der Waals surface area contributed by atoms with Crippen LogP contribution in [0.25, 0.3) is 10.2 Å². The van der Waals surface area contributed by atoms with Gasteiger partial charge in [-0.2, -0.15) is 4.99 Å². The number of benzene rings is 2. The molecule has 0 aliphatic carbocycles. The second-order valence-corrected chi connectivity index (χ2v) is 6.95. The average molecular weight is 413 g/mol. The van der Waals surface area contributed by atoms with Gasteiger partial charge in [0, 0.05) is 0 Å². The number of ether oxygens (including phenoxy) is 1. The van der Waals surface area contributed by atoms with Crippen molar-refractivity contribution < 1.29 is 18.7 Å². The normalized spacial score (nSPS) is 11.8. The van der Waals surface area contributed by atoms with Crippen molar-refractivity contribution in [3.05, 3.63) is 62.6 Å². The monoisotopic (exact) mass is 412 g/mol. The van der Waals surface area contributed by atoms with Crippen LogP contribution in [0.4, 0.5) is 4.39 Å². The van der Waals surface area contributed by atoms with E-state index in [0.717, 1.165) is 11.3 Å². The number of rotatable bonds is 3. The predicted octanol–water partition coefficient (Wildman–Crippen LogP) is 4.06. The van der Waals surface area contributed by atoms with Crippen LogP contribution >= 0.6 is 34.5 Å². The molecule has 5 nitrogen and oxygen atoms in total. The maximum Gasteiger partial charge on any atom is 0.325 e. The van der Waals surface area contributed by atoms with Crippen molar-refractivity contribution in [2.75, 3.05) is 7.11 Å². The zero-order valence-electron chi connectivity index (χ0n) is 13.3. The number of halogens is 3. The fraction of sp³-hybridized carbons (Fsp3) is 0.118. The smallest absolute Gasteiger partial charge is 0.325 e. The standard InChI is InChI=1S/C17H11Cl2FN2O3S/c1-25-13(23)8-22-15-12(7-6-10(18)14(15)19)26-17(22)21-16(24)9-4-2-3-5-11(9)20/h2-7H,8H2,1H3. The quantitative estimate of drug-likeness (QED) is 0.609. The molecule has 1 amide bonds. The summed E-state index contributed by atoms with van der Waals surface area (Å²) in [7, 11) is 1.24.